The van der Waals surface area contributed by atoms with Gasteiger partial charge in [-0.05, 0) is 54.3 Å². The van der Waals surface area contributed by atoms with E-state index in [0.717, 1.165) is 17.0 Å². The Balaban J connectivity index is 1.47. The number of hydrogen-bond acceptors (Lipinski definition) is 5. The Morgan fingerprint density at radius 1 is 1.11 bits per heavy atom. The monoisotopic (exact) mass is 379 g/mol. The van der Waals surface area contributed by atoms with Crippen LogP contribution in [0, 0.1) is 0 Å². The average molecular weight is 379 g/mol. The van der Waals surface area contributed by atoms with Gasteiger partial charge in [-0.1, -0.05) is 31.1 Å². The highest BCUT2D eigenvalue weighted by atomic mass is 16.5. The molecule has 0 atom stereocenters. The van der Waals surface area contributed by atoms with E-state index in [4.69, 9.17) is 9.26 Å². The maximum atomic E-state index is 12.1. The topological polar surface area (TPSA) is 77.2 Å². The van der Waals surface area contributed by atoms with Crippen LogP contribution in [0.3, 0.4) is 0 Å². The molecule has 0 radical (unpaired) electrons. The number of nitrogens with zero attached hydrogens (tertiary/aromatic N) is 2. The van der Waals surface area contributed by atoms with Gasteiger partial charge in [0.15, 0.2) is 0 Å². The highest BCUT2D eigenvalue weighted by Crippen LogP contribution is 2.20. The Labute approximate surface area is 164 Å². The number of anilines is 1. The van der Waals surface area contributed by atoms with Gasteiger partial charge in [-0.2, -0.15) is 4.98 Å². The molecule has 6 nitrogen and oxygen atoms in total. The largest absolute Gasteiger partial charge is 0.497 e. The second-order valence-corrected chi connectivity index (χ2v) is 6.92. The first kappa shape index (κ1) is 19.6. The number of aromatic nitrogens is 2. The second-order valence-electron chi connectivity index (χ2n) is 6.92. The molecule has 1 heterocycles. The number of methoxy groups -OCH3 is 1. The van der Waals surface area contributed by atoms with Crippen molar-refractivity contribution in [2.75, 3.05) is 12.4 Å². The van der Waals surface area contributed by atoms with Crippen LogP contribution in [0.5, 0.6) is 5.75 Å². The average Bonchev–Trinajstić information content (AvgIpc) is 3.17. The van der Waals surface area contributed by atoms with E-state index in [1.807, 2.05) is 48.5 Å². The third kappa shape index (κ3) is 5.19. The molecule has 0 fully saturated rings. The van der Waals surface area contributed by atoms with Crippen LogP contribution in [0.1, 0.15) is 44.1 Å². The molecule has 3 rings (SSSR count). The van der Waals surface area contributed by atoms with Crippen molar-refractivity contribution in [2.24, 2.45) is 0 Å². The van der Waals surface area contributed by atoms with Gasteiger partial charge in [0, 0.05) is 24.1 Å². The second kappa shape index (κ2) is 9.17. The smallest absolute Gasteiger partial charge is 0.226 e. The van der Waals surface area contributed by atoms with Gasteiger partial charge in [0.25, 0.3) is 0 Å². The van der Waals surface area contributed by atoms with Gasteiger partial charge >= 0.3 is 0 Å². The number of carbonyl (C=O) groups is 1. The third-order valence-electron chi connectivity index (χ3n) is 4.47. The number of nitrogens with one attached hydrogen (secondary N) is 1. The number of amides is 1. The molecule has 0 aliphatic heterocycles. The zero-order chi connectivity index (χ0) is 19.9. The van der Waals surface area contributed by atoms with Gasteiger partial charge in [-0.15, -0.1) is 0 Å². The maximum Gasteiger partial charge on any atom is 0.226 e. The first-order chi connectivity index (χ1) is 13.5. The van der Waals surface area contributed by atoms with Gasteiger partial charge in [-0.25, -0.2) is 0 Å². The molecule has 146 valence electrons. The molecule has 0 saturated carbocycles. The van der Waals surface area contributed by atoms with Crippen LogP contribution >= 0.6 is 0 Å². The molecule has 1 aromatic heterocycles. The molecule has 0 bridgehead atoms. The summed E-state index contributed by atoms with van der Waals surface area (Å²) < 4.78 is 10.4. The van der Waals surface area contributed by atoms with Gasteiger partial charge in [0.2, 0.25) is 17.6 Å². The highest BCUT2D eigenvalue weighted by molar-refractivity contribution is 5.90. The van der Waals surface area contributed by atoms with E-state index in [-0.39, 0.29) is 5.91 Å². The van der Waals surface area contributed by atoms with Crippen molar-refractivity contribution in [3.63, 3.8) is 0 Å². The lowest BCUT2D eigenvalue weighted by atomic mass is 10.0. The van der Waals surface area contributed by atoms with Gasteiger partial charge in [-0.3, -0.25) is 4.79 Å². The SMILES string of the molecule is COc1ccc(-c2noc(CCCC(=O)Nc3ccc(C(C)C)cc3)n2)cc1. The molecule has 28 heavy (non-hydrogen) atoms. The van der Waals surface area contributed by atoms with Crippen LogP contribution in [0.2, 0.25) is 0 Å². The Hall–Kier alpha value is -3.15. The van der Waals surface area contributed by atoms with Crippen LogP contribution in [-0.4, -0.2) is 23.2 Å². The van der Waals surface area contributed by atoms with Crippen LogP contribution < -0.4 is 10.1 Å². The summed E-state index contributed by atoms with van der Waals surface area (Å²) in [6, 6.07) is 15.4. The summed E-state index contributed by atoms with van der Waals surface area (Å²) in [5, 5.41) is 6.92. The predicted octanol–water partition coefficient (Wildman–Crippen LogP) is 4.83. The summed E-state index contributed by atoms with van der Waals surface area (Å²) in [6.07, 6.45) is 1.59. The standard InChI is InChI=1S/C22H25N3O3/c1-15(2)16-7-11-18(12-8-16)23-20(26)5-4-6-21-24-22(25-28-21)17-9-13-19(27-3)14-10-17/h7-15H,4-6H2,1-3H3,(H,23,26). The number of benzene rings is 2. The van der Waals surface area contributed by atoms with Crippen molar-refractivity contribution in [3.05, 3.63) is 60.0 Å². The number of aryl methyl sites for hydroxylation is 1. The van der Waals surface area contributed by atoms with E-state index < -0.39 is 0 Å². The Morgan fingerprint density at radius 3 is 2.46 bits per heavy atom. The first-order valence-electron chi connectivity index (χ1n) is 9.42. The molecule has 0 aliphatic carbocycles. The zero-order valence-corrected chi connectivity index (χ0v) is 16.4. The lowest BCUT2D eigenvalue weighted by Gasteiger charge is -2.08. The molecule has 2 aromatic carbocycles. The minimum Gasteiger partial charge on any atom is -0.497 e. The van der Waals surface area contributed by atoms with Crippen LogP contribution in [0.15, 0.2) is 53.1 Å². The first-order valence-corrected chi connectivity index (χ1v) is 9.42. The summed E-state index contributed by atoms with van der Waals surface area (Å²) in [6.45, 7) is 4.29. The third-order valence-corrected chi connectivity index (χ3v) is 4.47. The summed E-state index contributed by atoms with van der Waals surface area (Å²) in [7, 11) is 1.62. The molecule has 1 N–H and O–H groups in total. The molecule has 0 saturated heterocycles. The Bertz CT molecular complexity index is 900. The van der Waals surface area contributed by atoms with Crippen LogP contribution in [0.4, 0.5) is 5.69 Å². The Morgan fingerprint density at radius 2 is 1.82 bits per heavy atom. The molecular weight excluding hydrogens is 354 g/mol. The van der Waals surface area contributed by atoms with Crippen molar-refractivity contribution in [3.8, 4) is 17.1 Å². The fourth-order valence-corrected chi connectivity index (χ4v) is 2.79. The van der Waals surface area contributed by atoms with Crippen molar-refractivity contribution in [1.29, 1.82) is 0 Å². The van der Waals surface area contributed by atoms with Crippen molar-refractivity contribution in [2.45, 2.75) is 39.0 Å². The minimum absolute atomic E-state index is 0.0211. The summed E-state index contributed by atoms with van der Waals surface area (Å²) in [5.74, 6) is 2.29. The molecule has 0 aliphatic rings. The molecule has 1 amide bonds. The zero-order valence-electron chi connectivity index (χ0n) is 16.4. The van der Waals surface area contributed by atoms with E-state index >= 15 is 0 Å². The van der Waals surface area contributed by atoms with Gasteiger partial charge in [0.1, 0.15) is 5.75 Å². The van der Waals surface area contributed by atoms with Crippen LogP contribution in [-0.2, 0) is 11.2 Å². The highest BCUT2D eigenvalue weighted by Gasteiger charge is 2.10. The fraction of sp³-hybridized carbons (Fsp3) is 0.318. The fourth-order valence-electron chi connectivity index (χ4n) is 2.79. The molecule has 3 aromatic rings. The lowest BCUT2D eigenvalue weighted by Crippen LogP contribution is -2.11. The number of hydrogen-bond donors (Lipinski definition) is 1. The quantitative estimate of drug-likeness (QED) is 0.606. The van der Waals surface area contributed by atoms with E-state index in [1.165, 1.54) is 5.56 Å². The van der Waals surface area contributed by atoms with Crippen molar-refractivity contribution < 1.29 is 14.1 Å². The van der Waals surface area contributed by atoms with Gasteiger partial charge < -0.3 is 14.6 Å². The van der Waals surface area contributed by atoms with Crippen molar-refractivity contribution in [1.82, 2.24) is 10.1 Å². The van der Waals surface area contributed by atoms with Crippen molar-refractivity contribution >= 4 is 11.6 Å². The normalized spacial score (nSPS) is 10.9. The minimum atomic E-state index is -0.0211. The maximum absolute atomic E-state index is 12.1. The summed E-state index contributed by atoms with van der Waals surface area (Å²) in [4.78, 5) is 16.5. The molecule has 0 unspecified atom stereocenters. The van der Waals surface area contributed by atoms with E-state index in [9.17, 15) is 4.79 Å². The van der Waals surface area contributed by atoms with E-state index in [1.54, 1.807) is 7.11 Å². The number of rotatable bonds is 8. The van der Waals surface area contributed by atoms with Gasteiger partial charge in [0.05, 0.1) is 7.11 Å². The Kier molecular flexibility index (Phi) is 6.42. The molecule has 6 heteroatoms. The summed E-state index contributed by atoms with van der Waals surface area (Å²) >= 11 is 0. The van der Waals surface area contributed by atoms with Crippen LogP contribution in [0.25, 0.3) is 11.4 Å². The predicted molar refractivity (Wildman–Crippen MR) is 108 cm³/mol. The lowest BCUT2D eigenvalue weighted by molar-refractivity contribution is -0.116. The summed E-state index contributed by atoms with van der Waals surface area (Å²) in [5.41, 5.74) is 2.93. The number of carbonyl (C=O) groups excluding carboxylic acids is 1. The molecular formula is C22H25N3O3. The van der Waals surface area contributed by atoms with E-state index in [2.05, 4.69) is 29.3 Å². The van der Waals surface area contributed by atoms with E-state index in [0.29, 0.717) is 36.9 Å². The number of ether oxygens (including phenoxy) is 1. The molecule has 0 spiro atoms.